The van der Waals surface area contributed by atoms with Crippen LogP contribution in [0.1, 0.15) is 140 Å². The molecule has 1 fully saturated rings. The first kappa shape index (κ1) is 89.8. The molecular formula is C100H96I6O11S+6. The minimum absolute atomic E-state index is 0.0497. The van der Waals surface area contributed by atoms with Crippen molar-refractivity contribution in [3.8, 4) is 23.0 Å². The van der Waals surface area contributed by atoms with Crippen LogP contribution in [0.4, 0.5) is 0 Å². The summed E-state index contributed by atoms with van der Waals surface area (Å²) < 4.78 is 49.3. The minimum atomic E-state index is -0.584. The fourth-order valence-electron chi connectivity index (χ4n) is 12.6. The number of fused-ring (bicyclic) bond motifs is 8. The van der Waals surface area contributed by atoms with Crippen molar-refractivity contribution in [3.63, 3.8) is 0 Å². The van der Waals surface area contributed by atoms with Gasteiger partial charge in [-0.2, -0.15) is 0 Å². The molecule has 5 aliphatic rings. The molecule has 18 heteroatoms. The molecule has 0 N–H and O–H groups in total. The van der Waals surface area contributed by atoms with Crippen molar-refractivity contribution in [1.29, 1.82) is 0 Å². The van der Waals surface area contributed by atoms with Crippen molar-refractivity contribution >= 4 is 41.4 Å². The van der Waals surface area contributed by atoms with Gasteiger partial charge in [0.1, 0.15) is 11.2 Å². The van der Waals surface area contributed by atoms with E-state index in [2.05, 4.69) is 205 Å². The summed E-state index contributed by atoms with van der Waals surface area (Å²) in [4.78, 5) is 62.8. The Labute approximate surface area is 761 Å². The second-order valence-electron chi connectivity index (χ2n) is 31.0. The maximum absolute atomic E-state index is 12.2. The summed E-state index contributed by atoms with van der Waals surface area (Å²) in [6, 6.07) is 100. The predicted molar refractivity (Wildman–Crippen MR) is 440 cm³/mol. The van der Waals surface area contributed by atoms with Crippen LogP contribution in [0.25, 0.3) is 0 Å². The average Bonchev–Trinajstić information content (AvgIpc) is 1.05. The highest BCUT2D eigenvalue weighted by molar-refractivity contribution is 7.99. The Morgan fingerprint density at radius 2 is 0.746 bits per heavy atom. The summed E-state index contributed by atoms with van der Waals surface area (Å²) in [7, 11) is 0. The summed E-state index contributed by atoms with van der Waals surface area (Å²) in [6.45, 7) is 20.2. The molecule has 0 bridgehead atoms. The third-order valence-electron chi connectivity index (χ3n) is 18.6. The van der Waals surface area contributed by atoms with Crippen LogP contribution >= 0.6 is 11.8 Å². The lowest BCUT2D eigenvalue weighted by Crippen LogP contribution is -3.62. The van der Waals surface area contributed by atoms with Gasteiger partial charge in [-0.1, -0.05) is 206 Å². The molecule has 0 unspecified atom stereocenters. The van der Waals surface area contributed by atoms with E-state index in [-0.39, 0.29) is 176 Å². The maximum Gasteiger partial charge on any atom is 0.366 e. The zero-order chi connectivity index (χ0) is 83.2. The van der Waals surface area contributed by atoms with Crippen LogP contribution in [0, 0.1) is 42.8 Å². The molecule has 118 heavy (non-hydrogen) atoms. The number of hydrogen-bond donors (Lipinski definition) is 0. The van der Waals surface area contributed by atoms with Gasteiger partial charge in [-0.05, 0) is 232 Å². The summed E-state index contributed by atoms with van der Waals surface area (Å²) in [5, 5.41) is 0. The Bertz CT molecular complexity index is 5100. The van der Waals surface area contributed by atoms with Crippen LogP contribution in [0.15, 0.2) is 301 Å². The van der Waals surface area contributed by atoms with Gasteiger partial charge in [-0.15, -0.1) is 0 Å². The first-order chi connectivity index (χ1) is 56.8. The Morgan fingerprint density at radius 1 is 0.381 bits per heavy atom. The van der Waals surface area contributed by atoms with Crippen LogP contribution in [0.5, 0.6) is 23.0 Å². The first-order valence-electron chi connectivity index (χ1n) is 39.1. The molecular weight excluding hydrogens is 2170 g/mol. The second-order valence-corrected chi connectivity index (χ2v) is 49.6. The zero-order valence-corrected chi connectivity index (χ0v) is 81.5. The molecule has 12 aromatic rings. The quantitative estimate of drug-likeness (QED) is 0.0896. The van der Waals surface area contributed by atoms with Gasteiger partial charge in [0.15, 0.2) is 50.5 Å². The van der Waals surface area contributed by atoms with E-state index in [0.717, 1.165) is 77.4 Å². The van der Waals surface area contributed by atoms with Crippen LogP contribution in [-0.4, -0.2) is 54.1 Å². The molecule has 0 atom stereocenters. The third kappa shape index (κ3) is 26.8. The lowest BCUT2D eigenvalue weighted by Gasteiger charge is -2.27. The molecule has 0 aromatic heterocycles. The summed E-state index contributed by atoms with van der Waals surface area (Å²) in [5.41, 5.74) is 5.67. The molecule has 12 aromatic carbocycles. The molecule has 1 aliphatic carbocycles. The summed E-state index contributed by atoms with van der Waals surface area (Å²) in [5.74, 6) is 2.60. The first-order valence-corrected chi connectivity index (χ1v) is 52.9. The molecule has 0 radical (unpaired) electrons. The van der Waals surface area contributed by atoms with E-state index in [1.807, 2.05) is 146 Å². The highest BCUT2D eigenvalue weighted by atomic mass is 127. The molecule has 0 saturated heterocycles. The number of rotatable bonds is 14. The highest BCUT2D eigenvalue weighted by Gasteiger charge is 2.39. The second kappa shape index (κ2) is 42.8. The van der Waals surface area contributed by atoms with Gasteiger partial charge in [-0.25, -0.2) is 9.59 Å². The fraction of sp³-hybridized carbons (Fsp3) is 0.230. The van der Waals surface area contributed by atoms with Crippen molar-refractivity contribution in [1.82, 2.24) is 0 Å². The van der Waals surface area contributed by atoms with Crippen molar-refractivity contribution in [3.05, 3.63) is 367 Å². The maximum atomic E-state index is 12.2. The van der Waals surface area contributed by atoms with Crippen molar-refractivity contribution in [2.75, 3.05) is 13.2 Å². The van der Waals surface area contributed by atoms with E-state index >= 15 is 0 Å². The van der Waals surface area contributed by atoms with Crippen LogP contribution in [0.2, 0.25) is 0 Å². The summed E-state index contributed by atoms with van der Waals surface area (Å²) >= 11 is 1.04. The smallest absolute Gasteiger partial charge is 0.366 e. The van der Waals surface area contributed by atoms with Gasteiger partial charge in [0, 0.05) is 0 Å². The molecule has 11 nitrogen and oxygen atoms in total. The monoisotopic (exact) mass is 2270 g/mol. The van der Waals surface area contributed by atoms with Gasteiger partial charge in [0.25, 0.3) is 0 Å². The average molecular weight is 2270 g/mol. The molecule has 1 saturated carbocycles. The molecule has 0 amide bonds. The van der Waals surface area contributed by atoms with E-state index in [1.54, 1.807) is 27.9 Å². The van der Waals surface area contributed by atoms with E-state index in [9.17, 15) is 24.0 Å². The normalized spacial score (nSPS) is 13.3. The summed E-state index contributed by atoms with van der Waals surface area (Å²) in [6.07, 6.45) is 5.10. The van der Waals surface area contributed by atoms with Crippen LogP contribution in [-0.2, 0) is 61.8 Å². The number of benzene rings is 12. The Morgan fingerprint density at radius 3 is 1.19 bits per heavy atom. The largest absolute Gasteiger partial charge is 0.457 e. The third-order valence-corrected chi connectivity index (χ3v) is 37.8. The van der Waals surface area contributed by atoms with Crippen molar-refractivity contribution < 1.29 is 180 Å². The predicted octanol–water partition coefficient (Wildman–Crippen LogP) is 3.48. The number of halogens is 6. The number of hydrogen-bond acceptors (Lipinski definition) is 12. The highest BCUT2D eigenvalue weighted by Crippen LogP contribution is 2.37. The fourth-order valence-corrected chi connectivity index (χ4v) is 29.5. The number of carbonyl (C=O) groups is 5. The topological polar surface area (TPSA) is 141 Å². The van der Waals surface area contributed by atoms with Gasteiger partial charge in [0.05, 0.1) is 33.8 Å². The molecule has 604 valence electrons. The lowest BCUT2D eigenvalue weighted by atomic mass is 9.87. The van der Waals surface area contributed by atoms with E-state index in [1.165, 1.54) is 56.6 Å². The number of ketones is 1. The number of carbonyl (C=O) groups excluding carboxylic acids is 5. The minimum Gasteiger partial charge on any atom is -0.457 e. The van der Waals surface area contributed by atoms with Gasteiger partial charge in [0.2, 0.25) is 34.3 Å². The molecule has 17 rings (SSSR count). The lowest BCUT2D eigenvalue weighted by molar-refractivity contribution is -0.606. The van der Waals surface area contributed by atoms with Crippen molar-refractivity contribution in [2.45, 2.75) is 146 Å². The SMILES string of the molecule is CC(C)(C)OC(=O)COC(=O)Cc1cccc([I+]c2ccccc2)c1.CC(C)(C)c1ccc2c(c1)Oc1cc(C(C)(C)C)ccc1[I+]2.CCC1(OC(=O)COC(=O)Cc2cccc([I+]c3ccccc3)c2)CCCC1.O=C1c2ccccc2[I+]c2ccccc21.c1ccc2c(c1)Oc1ccccc1[I+]2.c1ccc2c(c1)Sc1ccccc1[I+]2. The van der Waals surface area contributed by atoms with Gasteiger partial charge in [-0.3, -0.25) is 14.4 Å². The standard InChI is InChI=1S/C23H26IO4.C20H22IO4.C20H24IO.C13H8IO.C12H8IO.C12H8IS/c1-2-23(13-6-7-14-23)28-22(26)17-27-21(25)16-18-9-8-12-20(15-18)24-19-10-4-3-5-11-19;1-20(2,3)25-19(23)14-24-18(22)13-15-8-7-11-17(12-15)21-16-9-5-4-6-10-16;1-19(2,3)13-7-9-15-17(11-13)22-18-12-14(20(4,5)6)8-10-16(18)21-15;15-13-9-5-1-3-7-11(9)14-12-8-4-2-6-10(12)13;2*1-3-7-11-9(5-1)13-10-6-2-4-8-12(10)14-11/h3-5,8-12,15H,2,6-7,13-14,16-17H2,1H3;4-12H,13-14H2,1-3H3;7-12H,1-6H3;1-8H;2*1-8H/q6*+1. The Hall–Kier alpha value is -7.48. The van der Waals surface area contributed by atoms with Gasteiger partial charge >= 0.3 is 151 Å². The molecule has 0 spiro atoms. The van der Waals surface area contributed by atoms with Crippen molar-refractivity contribution in [2.24, 2.45) is 0 Å². The number of ether oxygens (including phenoxy) is 6. The van der Waals surface area contributed by atoms with E-state index < -0.39 is 29.5 Å². The molecule has 4 heterocycles. The Kier molecular flexibility index (Phi) is 32.6. The zero-order valence-electron chi connectivity index (χ0n) is 67.7. The van der Waals surface area contributed by atoms with E-state index in [0.29, 0.717) is 0 Å². The number of para-hydroxylation sites is 2. The van der Waals surface area contributed by atoms with Gasteiger partial charge < -0.3 is 28.4 Å². The Balaban J connectivity index is 0.000000133. The van der Waals surface area contributed by atoms with E-state index in [4.69, 9.17) is 28.4 Å². The number of esters is 4. The van der Waals surface area contributed by atoms with Crippen LogP contribution < -0.4 is 137 Å². The van der Waals surface area contributed by atoms with Crippen LogP contribution in [0.3, 0.4) is 0 Å². The molecule has 4 aliphatic heterocycles.